The SMILES string of the molecule is CC(C)c1cc(-c2ncc(F)c3cc(C4CCCCC4)ccc23)c2oc3ccccc3c2c1. The van der Waals surface area contributed by atoms with E-state index in [9.17, 15) is 0 Å². The Kier molecular flexibility index (Phi) is 4.94. The van der Waals surface area contributed by atoms with Gasteiger partial charge < -0.3 is 4.42 Å². The maximum absolute atomic E-state index is 15.0. The molecular formula is C30H28FNO. The normalized spacial score (nSPS) is 15.3. The highest BCUT2D eigenvalue weighted by molar-refractivity contribution is 6.12. The van der Waals surface area contributed by atoms with Gasteiger partial charge in [-0.05, 0) is 60.1 Å². The summed E-state index contributed by atoms with van der Waals surface area (Å²) < 4.78 is 21.4. The fraction of sp³-hybridized carbons (Fsp3) is 0.300. The first-order valence-electron chi connectivity index (χ1n) is 12.1. The van der Waals surface area contributed by atoms with E-state index < -0.39 is 0 Å². The van der Waals surface area contributed by atoms with Gasteiger partial charge in [0.1, 0.15) is 17.0 Å². The second-order valence-corrected chi connectivity index (χ2v) is 9.79. The van der Waals surface area contributed by atoms with Gasteiger partial charge in [-0.25, -0.2) is 4.39 Å². The predicted molar refractivity (Wildman–Crippen MR) is 134 cm³/mol. The van der Waals surface area contributed by atoms with E-state index in [0.29, 0.717) is 17.2 Å². The minimum absolute atomic E-state index is 0.257. The third-order valence-corrected chi connectivity index (χ3v) is 7.36. The van der Waals surface area contributed by atoms with Crippen molar-refractivity contribution in [2.24, 2.45) is 0 Å². The molecule has 2 heterocycles. The van der Waals surface area contributed by atoms with E-state index >= 15 is 4.39 Å². The molecule has 0 radical (unpaired) electrons. The first kappa shape index (κ1) is 20.4. The zero-order chi connectivity index (χ0) is 22.5. The number of aromatic nitrogens is 1. The standard InChI is InChI=1S/C30H28FNO/c1-18(2)21-15-25-22-10-6-7-11-28(22)33-30(25)26(16-21)29-23-13-12-20(19-8-4-3-5-9-19)14-24(23)27(31)17-32-29/h6-7,10-19H,3-5,8-9H2,1-2H3. The third-order valence-electron chi connectivity index (χ3n) is 7.36. The monoisotopic (exact) mass is 437 g/mol. The Bertz CT molecular complexity index is 1490. The Morgan fingerprint density at radius 2 is 1.70 bits per heavy atom. The number of halogens is 1. The Morgan fingerprint density at radius 3 is 2.52 bits per heavy atom. The highest BCUT2D eigenvalue weighted by Crippen LogP contribution is 2.41. The molecule has 0 N–H and O–H groups in total. The molecule has 2 aromatic heterocycles. The molecule has 6 rings (SSSR count). The molecule has 3 heteroatoms. The molecule has 5 aromatic rings. The zero-order valence-corrected chi connectivity index (χ0v) is 19.2. The highest BCUT2D eigenvalue weighted by Gasteiger charge is 2.21. The summed E-state index contributed by atoms with van der Waals surface area (Å²) in [6.07, 6.45) is 7.60. The van der Waals surface area contributed by atoms with Gasteiger partial charge in [0, 0.05) is 27.1 Å². The van der Waals surface area contributed by atoms with Gasteiger partial charge in [0.25, 0.3) is 0 Å². The minimum atomic E-state index is -0.257. The Balaban J connectivity index is 1.61. The number of fused-ring (bicyclic) bond motifs is 4. The van der Waals surface area contributed by atoms with Crippen LogP contribution >= 0.6 is 0 Å². The summed E-state index contributed by atoms with van der Waals surface area (Å²) in [7, 11) is 0. The van der Waals surface area contributed by atoms with Crippen molar-refractivity contribution in [3.8, 4) is 11.3 Å². The first-order chi connectivity index (χ1) is 16.1. The summed E-state index contributed by atoms with van der Waals surface area (Å²) in [5.74, 6) is 0.629. The molecule has 3 aromatic carbocycles. The molecule has 166 valence electrons. The largest absolute Gasteiger partial charge is 0.455 e. The van der Waals surface area contributed by atoms with Crippen molar-refractivity contribution in [3.05, 3.63) is 77.7 Å². The van der Waals surface area contributed by atoms with Crippen LogP contribution in [0, 0.1) is 5.82 Å². The van der Waals surface area contributed by atoms with Gasteiger partial charge in [-0.3, -0.25) is 4.98 Å². The van der Waals surface area contributed by atoms with Crippen molar-refractivity contribution < 1.29 is 8.81 Å². The van der Waals surface area contributed by atoms with Crippen molar-refractivity contribution >= 4 is 32.7 Å². The number of benzene rings is 3. The average Bonchev–Trinajstić information content (AvgIpc) is 3.23. The van der Waals surface area contributed by atoms with Crippen LogP contribution in [0.1, 0.15) is 68.9 Å². The second-order valence-electron chi connectivity index (χ2n) is 9.79. The maximum atomic E-state index is 15.0. The number of para-hydroxylation sites is 1. The van der Waals surface area contributed by atoms with E-state index in [1.54, 1.807) is 0 Å². The summed E-state index contributed by atoms with van der Waals surface area (Å²) in [4.78, 5) is 4.60. The number of nitrogens with zero attached hydrogens (tertiary/aromatic N) is 1. The quantitative estimate of drug-likeness (QED) is 0.281. The van der Waals surface area contributed by atoms with Gasteiger partial charge >= 0.3 is 0 Å². The molecule has 0 atom stereocenters. The first-order valence-corrected chi connectivity index (χ1v) is 12.1. The molecule has 1 aliphatic carbocycles. The van der Waals surface area contributed by atoms with E-state index in [0.717, 1.165) is 38.6 Å². The van der Waals surface area contributed by atoms with Gasteiger partial charge in [-0.2, -0.15) is 0 Å². The van der Waals surface area contributed by atoms with E-state index in [1.807, 2.05) is 18.2 Å². The van der Waals surface area contributed by atoms with Gasteiger partial charge in [-0.1, -0.05) is 63.4 Å². The van der Waals surface area contributed by atoms with Crippen molar-refractivity contribution in [2.45, 2.75) is 57.8 Å². The molecule has 0 bridgehead atoms. The number of furan rings is 1. The van der Waals surface area contributed by atoms with Gasteiger partial charge in [-0.15, -0.1) is 0 Å². The van der Waals surface area contributed by atoms with Gasteiger partial charge in [0.15, 0.2) is 0 Å². The number of hydrogen-bond acceptors (Lipinski definition) is 2. The van der Waals surface area contributed by atoms with Crippen LogP contribution in [0.2, 0.25) is 0 Å². The van der Waals surface area contributed by atoms with E-state index in [-0.39, 0.29) is 5.82 Å². The Hall–Kier alpha value is -3.20. The molecule has 0 unspecified atom stereocenters. The summed E-state index contributed by atoms with van der Waals surface area (Å²) in [6, 6.07) is 18.8. The number of hydrogen-bond donors (Lipinski definition) is 0. The summed E-state index contributed by atoms with van der Waals surface area (Å²) in [6.45, 7) is 4.39. The van der Waals surface area contributed by atoms with Crippen LogP contribution in [-0.2, 0) is 0 Å². The van der Waals surface area contributed by atoms with Crippen molar-refractivity contribution in [3.63, 3.8) is 0 Å². The van der Waals surface area contributed by atoms with Crippen LogP contribution < -0.4 is 0 Å². The van der Waals surface area contributed by atoms with Gasteiger partial charge in [0.05, 0.1) is 11.9 Å². The fourth-order valence-electron chi connectivity index (χ4n) is 5.49. The molecule has 1 saturated carbocycles. The summed E-state index contributed by atoms with van der Waals surface area (Å²) >= 11 is 0. The molecule has 1 aliphatic rings. The van der Waals surface area contributed by atoms with Crippen LogP contribution in [0.5, 0.6) is 0 Å². The molecule has 33 heavy (non-hydrogen) atoms. The molecule has 2 nitrogen and oxygen atoms in total. The van der Waals surface area contributed by atoms with Gasteiger partial charge in [0.2, 0.25) is 0 Å². The fourth-order valence-corrected chi connectivity index (χ4v) is 5.49. The molecule has 0 saturated heterocycles. The van der Waals surface area contributed by atoms with Crippen LogP contribution in [0.15, 0.2) is 65.2 Å². The average molecular weight is 438 g/mol. The second kappa shape index (κ2) is 7.98. The number of pyridine rings is 1. The topological polar surface area (TPSA) is 26.0 Å². The third kappa shape index (κ3) is 3.42. The van der Waals surface area contributed by atoms with Crippen LogP contribution in [-0.4, -0.2) is 4.98 Å². The minimum Gasteiger partial charge on any atom is -0.455 e. The van der Waals surface area contributed by atoms with Crippen molar-refractivity contribution in [1.82, 2.24) is 4.98 Å². The molecule has 1 fully saturated rings. The lowest BCUT2D eigenvalue weighted by molar-refractivity contribution is 0.444. The van der Waals surface area contributed by atoms with Crippen LogP contribution in [0.4, 0.5) is 4.39 Å². The molecule has 0 amide bonds. The molecule has 0 aliphatic heterocycles. The van der Waals surface area contributed by atoms with Crippen molar-refractivity contribution in [2.75, 3.05) is 0 Å². The smallest absolute Gasteiger partial charge is 0.149 e. The lowest BCUT2D eigenvalue weighted by Gasteiger charge is -2.22. The maximum Gasteiger partial charge on any atom is 0.149 e. The summed E-state index contributed by atoms with van der Waals surface area (Å²) in [5, 5.41) is 3.69. The zero-order valence-electron chi connectivity index (χ0n) is 19.2. The molecular weight excluding hydrogens is 409 g/mol. The molecule has 0 spiro atoms. The van der Waals surface area contributed by atoms with E-state index in [2.05, 4.69) is 55.2 Å². The number of rotatable bonds is 3. The van der Waals surface area contributed by atoms with Crippen LogP contribution in [0.3, 0.4) is 0 Å². The highest BCUT2D eigenvalue weighted by atomic mass is 19.1. The summed E-state index contributed by atoms with van der Waals surface area (Å²) in [5.41, 5.74) is 5.87. The van der Waals surface area contributed by atoms with E-state index in [1.165, 1.54) is 49.4 Å². The predicted octanol–water partition coefficient (Wildman–Crippen LogP) is 9.11. The van der Waals surface area contributed by atoms with Crippen LogP contribution in [0.25, 0.3) is 44.0 Å². The lowest BCUT2D eigenvalue weighted by Crippen LogP contribution is -2.04. The lowest BCUT2D eigenvalue weighted by atomic mass is 9.83. The Morgan fingerprint density at radius 1 is 0.879 bits per heavy atom. The Labute approximate surface area is 193 Å². The van der Waals surface area contributed by atoms with E-state index in [4.69, 9.17) is 4.42 Å². The van der Waals surface area contributed by atoms with Crippen molar-refractivity contribution in [1.29, 1.82) is 0 Å².